The standard InChI is InChI=1S/C14H8Cl2N2O2S2/c15-8-2-1-7(3-9(8)16)11-4-10-13(22-11)14(18-6-17-10)21-5-12(19)20/h1-4,6H,5H2,(H,19,20). The van der Waals surface area contributed by atoms with Gasteiger partial charge in [0.05, 0.1) is 26.0 Å². The summed E-state index contributed by atoms with van der Waals surface area (Å²) < 4.78 is 0.870. The Morgan fingerprint density at radius 1 is 1.23 bits per heavy atom. The van der Waals surface area contributed by atoms with Crippen molar-refractivity contribution in [1.29, 1.82) is 0 Å². The molecule has 8 heteroatoms. The number of carbonyl (C=O) groups is 1. The van der Waals surface area contributed by atoms with Crippen LogP contribution in [0, 0.1) is 0 Å². The highest BCUT2D eigenvalue weighted by Gasteiger charge is 2.12. The molecule has 0 spiro atoms. The first kappa shape index (κ1) is 15.6. The molecule has 0 radical (unpaired) electrons. The summed E-state index contributed by atoms with van der Waals surface area (Å²) in [6, 6.07) is 7.37. The lowest BCUT2D eigenvalue weighted by Crippen LogP contribution is -1.98. The summed E-state index contributed by atoms with van der Waals surface area (Å²) in [5, 5.41) is 10.5. The van der Waals surface area contributed by atoms with Crippen molar-refractivity contribution in [1.82, 2.24) is 9.97 Å². The van der Waals surface area contributed by atoms with Gasteiger partial charge in [0.15, 0.2) is 0 Å². The normalized spacial score (nSPS) is 11.0. The van der Waals surface area contributed by atoms with Crippen LogP contribution in [-0.2, 0) is 4.79 Å². The number of aromatic nitrogens is 2. The number of carboxylic acids is 1. The van der Waals surface area contributed by atoms with Crippen LogP contribution in [0.3, 0.4) is 0 Å². The molecule has 0 aliphatic rings. The average molecular weight is 371 g/mol. The molecule has 1 N–H and O–H groups in total. The van der Waals surface area contributed by atoms with Gasteiger partial charge in [-0.2, -0.15) is 0 Å². The molecule has 112 valence electrons. The minimum Gasteiger partial charge on any atom is -0.481 e. The van der Waals surface area contributed by atoms with Crippen molar-refractivity contribution in [3.63, 3.8) is 0 Å². The van der Waals surface area contributed by atoms with Crippen LogP contribution in [-0.4, -0.2) is 26.8 Å². The van der Waals surface area contributed by atoms with Gasteiger partial charge in [0.25, 0.3) is 0 Å². The smallest absolute Gasteiger partial charge is 0.313 e. The van der Waals surface area contributed by atoms with Crippen LogP contribution in [0.1, 0.15) is 0 Å². The molecule has 4 nitrogen and oxygen atoms in total. The predicted octanol–water partition coefficient (Wildman–Crippen LogP) is 4.84. The number of nitrogens with zero attached hydrogens (tertiary/aromatic N) is 2. The number of rotatable bonds is 4. The largest absolute Gasteiger partial charge is 0.481 e. The summed E-state index contributed by atoms with van der Waals surface area (Å²) in [6.07, 6.45) is 1.44. The highest BCUT2D eigenvalue weighted by Crippen LogP contribution is 2.38. The molecule has 22 heavy (non-hydrogen) atoms. The van der Waals surface area contributed by atoms with Gasteiger partial charge in [-0.05, 0) is 23.8 Å². The Kier molecular flexibility index (Phi) is 4.54. The molecular formula is C14H8Cl2N2O2S2. The van der Waals surface area contributed by atoms with E-state index in [0.29, 0.717) is 15.1 Å². The summed E-state index contributed by atoms with van der Waals surface area (Å²) >= 11 is 14.7. The Labute approximate surface area is 144 Å². The lowest BCUT2D eigenvalue weighted by atomic mass is 10.2. The van der Waals surface area contributed by atoms with Crippen molar-refractivity contribution < 1.29 is 9.90 Å². The maximum Gasteiger partial charge on any atom is 0.313 e. The molecule has 3 rings (SSSR count). The van der Waals surface area contributed by atoms with Crippen molar-refractivity contribution in [2.75, 3.05) is 5.75 Å². The predicted molar refractivity (Wildman–Crippen MR) is 91.2 cm³/mol. The van der Waals surface area contributed by atoms with Crippen molar-refractivity contribution in [2.24, 2.45) is 0 Å². The molecule has 0 unspecified atom stereocenters. The number of carboxylic acid groups (broad SMARTS) is 1. The summed E-state index contributed by atoms with van der Waals surface area (Å²) in [5.74, 6) is -0.912. The first-order chi connectivity index (χ1) is 10.5. The maximum absolute atomic E-state index is 10.7. The van der Waals surface area contributed by atoms with E-state index in [4.69, 9.17) is 28.3 Å². The summed E-state index contributed by atoms with van der Waals surface area (Å²) in [5.41, 5.74) is 1.72. The molecular weight excluding hydrogens is 363 g/mol. The number of thioether (sulfide) groups is 1. The fourth-order valence-electron chi connectivity index (χ4n) is 1.86. The van der Waals surface area contributed by atoms with E-state index in [2.05, 4.69) is 9.97 Å². The number of halogens is 2. The zero-order valence-corrected chi connectivity index (χ0v) is 14.1. The third kappa shape index (κ3) is 3.20. The Bertz CT molecular complexity index is 867. The number of hydrogen-bond acceptors (Lipinski definition) is 5. The molecule has 2 aromatic heterocycles. The van der Waals surface area contributed by atoms with Gasteiger partial charge in [-0.3, -0.25) is 4.79 Å². The number of hydrogen-bond donors (Lipinski definition) is 1. The van der Waals surface area contributed by atoms with Gasteiger partial charge in [-0.1, -0.05) is 41.0 Å². The third-order valence-corrected chi connectivity index (χ3v) is 5.84. The minimum absolute atomic E-state index is 0.0356. The molecule has 0 saturated heterocycles. The Hall–Kier alpha value is -1.34. The number of aliphatic carboxylic acids is 1. The van der Waals surface area contributed by atoms with Crippen molar-refractivity contribution >= 4 is 62.5 Å². The van der Waals surface area contributed by atoms with Gasteiger partial charge >= 0.3 is 5.97 Å². The minimum atomic E-state index is -0.877. The highest BCUT2D eigenvalue weighted by atomic mass is 35.5. The SMILES string of the molecule is O=C(O)CSc1ncnc2cc(-c3ccc(Cl)c(Cl)c3)sc12. The Morgan fingerprint density at radius 3 is 2.77 bits per heavy atom. The maximum atomic E-state index is 10.7. The van der Waals surface area contributed by atoms with Gasteiger partial charge in [0.2, 0.25) is 0 Å². The van der Waals surface area contributed by atoms with Crippen molar-refractivity contribution in [3.8, 4) is 10.4 Å². The lowest BCUT2D eigenvalue weighted by molar-refractivity contribution is -0.133. The van der Waals surface area contributed by atoms with Crippen molar-refractivity contribution in [2.45, 2.75) is 5.03 Å². The second kappa shape index (κ2) is 6.42. The van der Waals surface area contributed by atoms with Crippen LogP contribution < -0.4 is 0 Å². The lowest BCUT2D eigenvalue weighted by Gasteiger charge is -2.00. The second-order valence-electron chi connectivity index (χ2n) is 4.32. The van der Waals surface area contributed by atoms with E-state index in [1.54, 1.807) is 12.1 Å². The number of thiophene rings is 1. The van der Waals surface area contributed by atoms with Crippen molar-refractivity contribution in [3.05, 3.63) is 40.6 Å². The zero-order chi connectivity index (χ0) is 15.7. The van der Waals surface area contributed by atoms with E-state index >= 15 is 0 Å². The van der Waals surface area contributed by atoms with Crippen LogP contribution in [0.15, 0.2) is 35.6 Å². The third-order valence-electron chi connectivity index (χ3n) is 2.82. The van der Waals surface area contributed by atoms with Crippen LogP contribution in [0.5, 0.6) is 0 Å². The van der Waals surface area contributed by atoms with Gasteiger partial charge < -0.3 is 5.11 Å². The van der Waals surface area contributed by atoms with Gasteiger partial charge in [-0.25, -0.2) is 9.97 Å². The Balaban J connectivity index is 2.03. The van der Waals surface area contributed by atoms with Gasteiger partial charge in [0.1, 0.15) is 11.4 Å². The molecule has 0 aliphatic heterocycles. The van der Waals surface area contributed by atoms with Crippen LogP contribution in [0.25, 0.3) is 20.7 Å². The summed E-state index contributed by atoms with van der Waals surface area (Å²) in [6.45, 7) is 0. The van der Waals surface area contributed by atoms with Gasteiger partial charge in [0, 0.05) is 4.88 Å². The highest BCUT2D eigenvalue weighted by molar-refractivity contribution is 8.00. The molecule has 0 atom stereocenters. The van der Waals surface area contributed by atoms with E-state index < -0.39 is 5.97 Å². The average Bonchev–Trinajstić information content (AvgIpc) is 2.92. The van der Waals surface area contributed by atoms with Crippen LogP contribution in [0.4, 0.5) is 0 Å². The van der Waals surface area contributed by atoms with E-state index in [-0.39, 0.29) is 5.75 Å². The van der Waals surface area contributed by atoms with E-state index in [1.165, 1.54) is 29.4 Å². The fraction of sp³-hybridized carbons (Fsp3) is 0.0714. The summed E-state index contributed by atoms with van der Waals surface area (Å²) in [7, 11) is 0. The molecule has 3 aromatic rings. The molecule has 2 heterocycles. The van der Waals surface area contributed by atoms with E-state index in [0.717, 1.165) is 20.7 Å². The first-order valence-electron chi connectivity index (χ1n) is 6.09. The fourth-order valence-corrected chi connectivity index (χ4v) is 4.07. The summed E-state index contributed by atoms with van der Waals surface area (Å²) in [4.78, 5) is 20.1. The zero-order valence-electron chi connectivity index (χ0n) is 10.9. The monoisotopic (exact) mass is 370 g/mol. The topological polar surface area (TPSA) is 63.1 Å². The van der Waals surface area contributed by atoms with Crippen LogP contribution in [0.2, 0.25) is 10.0 Å². The molecule has 0 bridgehead atoms. The molecule has 0 amide bonds. The molecule has 0 fully saturated rings. The van der Waals surface area contributed by atoms with Gasteiger partial charge in [-0.15, -0.1) is 11.3 Å². The molecule has 0 aliphatic carbocycles. The Morgan fingerprint density at radius 2 is 2.05 bits per heavy atom. The first-order valence-corrected chi connectivity index (χ1v) is 8.65. The second-order valence-corrected chi connectivity index (χ2v) is 7.15. The van der Waals surface area contributed by atoms with Crippen LogP contribution >= 0.6 is 46.3 Å². The van der Waals surface area contributed by atoms with E-state index in [9.17, 15) is 4.79 Å². The number of benzene rings is 1. The molecule has 1 aromatic carbocycles. The molecule has 0 saturated carbocycles. The quantitative estimate of drug-likeness (QED) is 0.525. The number of fused-ring (bicyclic) bond motifs is 1. The van der Waals surface area contributed by atoms with E-state index in [1.807, 2.05) is 12.1 Å².